The van der Waals surface area contributed by atoms with Gasteiger partial charge in [-0.1, -0.05) is 29.3 Å². The van der Waals surface area contributed by atoms with Crippen LogP contribution in [0.2, 0.25) is 0 Å². The van der Waals surface area contributed by atoms with Crippen molar-refractivity contribution in [3.8, 4) is 0 Å². The van der Waals surface area contributed by atoms with Crippen LogP contribution in [0.25, 0.3) is 0 Å². The van der Waals surface area contributed by atoms with E-state index < -0.39 is 0 Å². The van der Waals surface area contributed by atoms with Crippen LogP contribution in [0.15, 0.2) is 36.4 Å². The van der Waals surface area contributed by atoms with Crippen LogP contribution in [-0.2, 0) is 11.2 Å². The summed E-state index contributed by atoms with van der Waals surface area (Å²) >= 11 is 0. The first-order valence-corrected chi connectivity index (χ1v) is 10.5. The quantitative estimate of drug-likeness (QED) is 0.848. The Morgan fingerprint density at radius 2 is 1.79 bits per heavy atom. The van der Waals surface area contributed by atoms with Gasteiger partial charge in [-0.25, -0.2) is 0 Å². The fourth-order valence-electron chi connectivity index (χ4n) is 4.54. The molecule has 0 bridgehead atoms. The van der Waals surface area contributed by atoms with Gasteiger partial charge in [0.1, 0.15) is 0 Å². The second-order valence-corrected chi connectivity index (χ2v) is 8.31. The van der Waals surface area contributed by atoms with E-state index in [2.05, 4.69) is 46.4 Å². The van der Waals surface area contributed by atoms with Crippen LogP contribution in [0.3, 0.4) is 0 Å². The van der Waals surface area contributed by atoms with Crippen LogP contribution in [-0.4, -0.2) is 57.2 Å². The lowest BCUT2D eigenvalue weighted by atomic mass is 10.00. The number of hydrogen-bond donors (Lipinski definition) is 1. The molecular weight excluding hydrogens is 362 g/mol. The fraction of sp³-hybridized carbons (Fsp3) is 0.458. The number of carbonyl (C=O) groups excluding carboxylic acids is 1. The van der Waals surface area contributed by atoms with Crippen LogP contribution in [0.4, 0.5) is 5.69 Å². The molecule has 2 aliphatic heterocycles. The predicted molar refractivity (Wildman–Crippen MR) is 117 cm³/mol. The molecule has 5 nitrogen and oxygen atoms in total. The third kappa shape index (κ3) is 4.46. The second kappa shape index (κ2) is 8.56. The molecule has 1 saturated heterocycles. The van der Waals surface area contributed by atoms with Gasteiger partial charge in [-0.05, 0) is 49.6 Å². The molecule has 154 valence electrons. The van der Waals surface area contributed by atoms with Gasteiger partial charge >= 0.3 is 0 Å². The average molecular weight is 394 g/mol. The first-order chi connectivity index (χ1) is 14.0. The summed E-state index contributed by atoms with van der Waals surface area (Å²) in [4.78, 5) is 17.6. The predicted octanol–water partition coefficient (Wildman–Crippen LogP) is 3.10. The number of nitrogens with zero attached hydrogens (tertiary/aromatic N) is 2. The Balaban J connectivity index is 1.54. The highest BCUT2D eigenvalue weighted by Crippen LogP contribution is 2.31. The molecule has 0 aromatic heterocycles. The molecule has 1 atom stereocenters. The summed E-state index contributed by atoms with van der Waals surface area (Å²) in [5, 5.41) is 3.19. The number of nitrogens with one attached hydrogen (secondary N) is 1. The summed E-state index contributed by atoms with van der Waals surface area (Å²) in [5.41, 5.74) is 6.98. The van der Waals surface area contributed by atoms with E-state index in [-0.39, 0.29) is 11.9 Å². The Morgan fingerprint density at radius 3 is 2.52 bits per heavy atom. The van der Waals surface area contributed by atoms with Crippen molar-refractivity contribution in [1.82, 2.24) is 10.2 Å². The fourth-order valence-corrected chi connectivity index (χ4v) is 4.54. The topological polar surface area (TPSA) is 44.8 Å². The standard InChI is InChI=1S/C24H31N3O2/c1-17-12-18(2)14-21(13-17)24(28)25-16-23(27-8-10-29-11-9-27)19-4-5-22-20(15-19)6-7-26(22)3/h4-5,12-15,23H,6-11,16H2,1-3H3,(H,25,28). The van der Waals surface area contributed by atoms with Crippen molar-refractivity contribution in [1.29, 1.82) is 0 Å². The number of amides is 1. The second-order valence-electron chi connectivity index (χ2n) is 8.31. The SMILES string of the molecule is Cc1cc(C)cc(C(=O)NCC(c2ccc3c(c2)CCN3C)N2CCOCC2)c1. The maximum Gasteiger partial charge on any atom is 0.251 e. The number of morpholine rings is 1. The molecular formula is C24H31N3O2. The van der Waals surface area contributed by atoms with E-state index in [0.29, 0.717) is 6.54 Å². The summed E-state index contributed by atoms with van der Waals surface area (Å²) in [6.45, 7) is 9.00. The molecule has 0 aliphatic carbocycles. The van der Waals surface area contributed by atoms with Crippen molar-refractivity contribution in [3.63, 3.8) is 0 Å². The Kier molecular flexibility index (Phi) is 5.88. The summed E-state index contributed by atoms with van der Waals surface area (Å²) in [7, 11) is 2.15. The number of rotatable bonds is 5. The number of hydrogen-bond acceptors (Lipinski definition) is 4. The van der Waals surface area contributed by atoms with Gasteiger partial charge in [-0.3, -0.25) is 9.69 Å². The molecule has 0 spiro atoms. The summed E-state index contributed by atoms with van der Waals surface area (Å²) < 4.78 is 5.56. The lowest BCUT2D eigenvalue weighted by Crippen LogP contribution is -2.43. The van der Waals surface area contributed by atoms with Gasteiger partial charge in [-0.2, -0.15) is 0 Å². The van der Waals surface area contributed by atoms with E-state index in [0.717, 1.165) is 56.0 Å². The highest BCUT2D eigenvalue weighted by atomic mass is 16.5. The van der Waals surface area contributed by atoms with Gasteiger partial charge in [0.05, 0.1) is 19.3 Å². The third-order valence-corrected chi connectivity index (χ3v) is 6.04. The van der Waals surface area contributed by atoms with E-state index in [9.17, 15) is 4.79 Å². The van der Waals surface area contributed by atoms with E-state index in [1.165, 1.54) is 16.8 Å². The third-order valence-electron chi connectivity index (χ3n) is 6.04. The van der Waals surface area contributed by atoms with Gasteiger partial charge in [-0.15, -0.1) is 0 Å². The number of benzene rings is 2. The maximum atomic E-state index is 12.8. The molecule has 4 rings (SSSR count). The number of carbonyl (C=O) groups is 1. The Morgan fingerprint density at radius 1 is 1.07 bits per heavy atom. The molecule has 1 N–H and O–H groups in total. The molecule has 2 aromatic carbocycles. The zero-order valence-corrected chi connectivity index (χ0v) is 17.7. The van der Waals surface area contributed by atoms with Crippen LogP contribution in [0.1, 0.15) is 38.7 Å². The molecule has 2 aromatic rings. The Bertz CT molecular complexity index is 869. The highest BCUT2D eigenvalue weighted by molar-refractivity contribution is 5.94. The zero-order chi connectivity index (χ0) is 20.4. The van der Waals surface area contributed by atoms with Crippen LogP contribution in [0.5, 0.6) is 0 Å². The molecule has 0 saturated carbocycles. The molecule has 29 heavy (non-hydrogen) atoms. The summed E-state index contributed by atoms with van der Waals surface area (Å²) in [6.07, 6.45) is 1.09. The van der Waals surface area contributed by atoms with Crippen molar-refractivity contribution in [2.75, 3.05) is 51.3 Å². The van der Waals surface area contributed by atoms with Crippen molar-refractivity contribution in [2.24, 2.45) is 0 Å². The van der Waals surface area contributed by atoms with Crippen LogP contribution < -0.4 is 10.2 Å². The number of anilines is 1. The molecule has 2 heterocycles. The first kappa shape index (κ1) is 19.9. The van der Waals surface area contributed by atoms with Gasteiger partial charge < -0.3 is 15.0 Å². The van der Waals surface area contributed by atoms with E-state index >= 15 is 0 Å². The van der Waals surface area contributed by atoms with Crippen molar-refractivity contribution in [2.45, 2.75) is 26.3 Å². The Hall–Kier alpha value is -2.37. The molecule has 5 heteroatoms. The highest BCUT2D eigenvalue weighted by Gasteiger charge is 2.25. The van der Waals surface area contributed by atoms with Crippen molar-refractivity contribution < 1.29 is 9.53 Å². The zero-order valence-electron chi connectivity index (χ0n) is 17.7. The molecule has 1 fully saturated rings. The minimum Gasteiger partial charge on any atom is -0.379 e. The molecule has 1 unspecified atom stereocenters. The lowest BCUT2D eigenvalue weighted by molar-refractivity contribution is 0.0162. The Labute approximate surface area is 173 Å². The number of likely N-dealkylation sites (N-methyl/N-ethyl adjacent to an activating group) is 1. The summed E-state index contributed by atoms with van der Waals surface area (Å²) in [6, 6.07) is 13.0. The smallest absolute Gasteiger partial charge is 0.251 e. The van der Waals surface area contributed by atoms with E-state index in [1.807, 2.05) is 26.0 Å². The van der Waals surface area contributed by atoms with Gasteiger partial charge in [0.15, 0.2) is 0 Å². The number of fused-ring (bicyclic) bond motifs is 1. The molecule has 0 radical (unpaired) electrons. The van der Waals surface area contributed by atoms with Crippen LogP contribution in [0, 0.1) is 13.8 Å². The van der Waals surface area contributed by atoms with Gasteiger partial charge in [0, 0.05) is 44.5 Å². The molecule has 2 aliphatic rings. The lowest BCUT2D eigenvalue weighted by Gasteiger charge is -2.35. The largest absolute Gasteiger partial charge is 0.379 e. The van der Waals surface area contributed by atoms with E-state index in [4.69, 9.17) is 4.74 Å². The number of ether oxygens (including phenoxy) is 1. The van der Waals surface area contributed by atoms with Crippen molar-refractivity contribution in [3.05, 3.63) is 64.2 Å². The minimum absolute atomic E-state index is 0.00375. The van der Waals surface area contributed by atoms with Crippen LogP contribution >= 0.6 is 0 Å². The summed E-state index contributed by atoms with van der Waals surface area (Å²) in [5.74, 6) is -0.00375. The van der Waals surface area contributed by atoms with Crippen molar-refractivity contribution >= 4 is 11.6 Å². The normalized spacial score (nSPS) is 17.8. The first-order valence-electron chi connectivity index (χ1n) is 10.5. The molecule has 1 amide bonds. The monoisotopic (exact) mass is 393 g/mol. The minimum atomic E-state index is -0.00375. The van der Waals surface area contributed by atoms with Gasteiger partial charge in [0.2, 0.25) is 0 Å². The average Bonchev–Trinajstić information content (AvgIpc) is 3.08. The maximum absolute atomic E-state index is 12.8. The number of aryl methyl sites for hydroxylation is 2. The van der Waals surface area contributed by atoms with E-state index in [1.54, 1.807) is 0 Å². The van der Waals surface area contributed by atoms with Gasteiger partial charge in [0.25, 0.3) is 5.91 Å².